The third-order valence-electron chi connectivity index (χ3n) is 5.30. The van der Waals surface area contributed by atoms with Crippen molar-refractivity contribution in [1.82, 2.24) is 4.98 Å². The Kier molecular flexibility index (Phi) is 4.20. The van der Waals surface area contributed by atoms with Gasteiger partial charge in [0.2, 0.25) is 5.91 Å². The minimum Gasteiger partial charge on any atom is -0.493 e. The highest BCUT2D eigenvalue weighted by molar-refractivity contribution is 6.04. The Labute approximate surface area is 163 Å². The molecule has 0 bridgehead atoms. The van der Waals surface area contributed by atoms with E-state index < -0.39 is 0 Å². The van der Waals surface area contributed by atoms with Gasteiger partial charge in [-0.1, -0.05) is 30.3 Å². The van der Waals surface area contributed by atoms with Gasteiger partial charge in [-0.05, 0) is 35.4 Å². The van der Waals surface area contributed by atoms with Crippen LogP contribution in [0.4, 0.5) is 5.69 Å². The van der Waals surface area contributed by atoms with Gasteiger partial charge in [0.25, 0.3) is 0 Å². The van der Waals surface area contributed by atoms with Crippen molar-refractivity contribution in [3.63, 3.8) is 0 Å². The monoisotopic (exact) mass is 372 g/mol. The van der Waals surface area contributed by atoms with E-state index in [2.05, 4.69) is 4.98 Å². The molecule has 1 amide bonds. The summed E-state index contributed by atoms with van der Waals surface area (Å²) in [5.41, 5.74) is 4.00. The summed E-state index contributed by atoms with van der Waals surface area (Å²) in [6, 6.07) is 19.6. The molecule has 0 fully saturated rings. The van der Waals surface area contributed by atoms with E-state index in [-0.39, 0.29) is 11.8 Å². The number of benzene rings is 2. The lowest BCUT2D eigenvalue weighted by atomic mass is 10.0. The van der Waals surface area contributed by atoms with Crippen LogP contribution in [-0.2, 0) is 17.8 Å². The molecule has 2 aromatic carbocycles. The molecule has 2 aliphatic rings. The van der Waals surface area contributed by atoms with Gasteiger partial charge >= 0.3 is 0 Å². The summed E-state index contributed by atoms with van der Waals surface area (Å²) in [7, 11) is 0. The standard InChI is InChI=1S/C23H20N2O3/c26-23-20(15-28-18-9-8-16-10-12-27-22(16)13-18)19-6-1-2-7-21(19)25(23)14-17-5-3-4-11-24-17/h1-9,11,13,20H,10,12,14-15H2/t20-/m1/s1. The third-order valence-corrected chi connectivity index (χ3v) is 5.30. The fourth-order valence-electron chi connectivity index (χ4n) is 3.86. The first-order valence-electron chi connectivity index (χ1n) is 9.48. The fourth-order valence-corrected chi connectivity index (χ4v) is 3.86. The summed E-state index contributed by atoms with van der Waals surface area (Å²) in [6.45, 7) is 1.48. The molecule has 1 aromatic heterocycles. The SMILES string of the molecule is O=C1[C@H](COc2ccc3c(c2)OCC3)c2ccccc2N1Cc1ccccn1. The van der Waals surface area contributed by atoms with Gasteiger partial charge in [0, 0.05) is 24.4 Å². The molecule has 5 heteroatoms. The Bertz CT molecular complexity index is 1020. The fraction of sp³-hybridized carbons (Fsp3) is 0.217. The summed E-state index contributed by atoms with van der Waals surface area (Å²) in [5.74, 6) is 1.33. The Morgan fingerprint density at radius 2 is 2.00 bits per heavy atom. The molecule has 1 atom stereocenters. The molecule has 2 aliphatic heterocycles. The normalized spacial score (nSPS) is 17.2. The van der Waals surface area contributed by atoms with Crippen molar-refractivity contribution >= 4 is 11.6 Å². The number of pyridine rings is 1. The van der Waals surface area contributed by atoms with E-state index in [1.165, 1.54) is 5.56 Å². The van der Waals surface area contributed by atoms with Crippen molar-refractivity contribution in [2.75, 3.05) is 18.1 Å². The predicted molar refractivity (Wildman–Crippen MR) is 106 cm³/mol. The van der Waals surface area contributed by atoms with Crippen LogP contribution in [0.15, 0.2) is 66.9 Å². The number of carbonyl (C=O) groups is 1. The topological polar surface area (TPSA) is 51.7 Å². The summed E-state index contributed by atoms with van der Waals surface area (Å²) in [5, 5.41) is 0. The summed E-state index contributed by atoms with van der Waals surface area (Å²) in [4.78, 5) is 19.3. The summed E-state index contributed by atoms with van der Waals surface area (Å²) >= 11 is 0. The van der Waals surface area contributed by atoms with Crippen LogP contribution in [0.3, 0.4) is 0 Å². The lowest BCUT2D eigenvalue weighted by Crippen LogP contribution is -2.30. The molecule has 140 valence electrons. The second kappa shape index (κ2) is 7.00. The molecular weight excluding hydrogens is 352 g/mol. The molecule has 0 unspecified atom stereocenters. The molecule has 5 rings (SSSR count). The predicted octanol–water partition coefficient (Wildman–Crippen LogP) is 3.73. The average molecular weight is 372 g/mol. The number of para-hydroxylation sites is 1. The summed E-state index contributed by atoms with van der Waals surface area (Å²) in [6.07, 6.45) is 2.69. The van der Waals surface area contributed by atoms with E-state index in [0.29, 0.717) is 13.2 Å². The second-order valence-electron chi connectivity index (χ2n) is 7.04. The number of amides is 1. The number of fused-ring (bicyclic) bond motifs is 2. The molecule has 0 aliphatic carbocycles. The Morgan fingerprint density at radius 1 is 1.11 bits per heavy atom. The Hall–Kier alpha value is -3.34. The highest BCUT2D eigenvalue weighted by atomic mass is 16.5. The molecule has 5 nitrogen and oxygen atoms in total. The van der Waals surface area contributed by atoms with Crippen LogP contribution in [0, 0.1) is 0 Å². The molecule has 0 N–H and O–H groups in total. The molecule has 0 radical (unpaired) electrons. The zero-order valence-electron chi connectivity index (χ0n) is 15.4. The number of ether oxygens (including phenoxy) is 2. The number of rotatable bonds is 5. The second-order valence-corrected chi connectivity index (χ2v) is 7.04. The maximum atomic E-state index is 13.2. The van der Waals surface area contributed by atoms with Crippen molar-refractivity contribution in [3.05, 3.63) is 83.7 Å². The quantitative estimate of drug-likeness (QED) is 0.685. The van der Waals surface area contributed by atoms with Gasteiger partial charge in [0.1, 0.15) is 18.1 Å². The molecule has 3 aromatic rings. The van der Waals surface area contributed by atoms with Gasteiger partial charge in [-0.25, -0.2) is 0 Å². The first kappa shape index (κ1) is 16.8. The lowest BCUT2D eigenvalue weighted by Gasteiger charge is -2.18. The third kappa shape index (κ3) is 2.99. The van der Waals surface area contributed by atoms with E-state index in [1.54, 1.807) is 11.1 Å². The highest BCUT2D eigenvalue weighted by Crippen LogP contribution is 2.38. The first-order valence-corrected chi connectivity index (χ1v) is 9.48. The lowest BCUT2D eigenvalue weighted by molar-refractivity contribution is -0.120. The minimum absolute atomic E-state index is 0.0456. The largest absolute Gasteiger partial charge is 0.493 e. The van der Waals surface area contributed by atoms with Gasteiger partial charge in [-0.3, -0.25) is 9.78 Å². The average Bonchev–Trinajstić information content (AvgIpc) is 3.30. The Morgan fingerprint density at radius 3 is 2.89 bits per heavy atom. The minimum atomic E-state index is -0.325. The van der Waals surface area contributed by atoms with Gasteiger partial charge in [0.05, 0.1) is 24.8 Å². The number of hydrogen-bond acceptors (Lipinski definition) is 4. The van der Waals surface area contributed by atoms with Crippen LogP contribution in [0.5, 0.6) is 11.5 Å². The maximum Gasteiger partial charge on any atom is 0.238 e. The zero-order valence-corrected chi connectivity index (χ0v) is 15.4. The van der Waals surface area contributed by atoms with Crippen molar-refractivity contribution in [2.45, 2.75) is 18.9 Å². The molecule has 0 saturated heterocycles. The molecule has 28 heavy (non-hydrogen) atoms. The molecule has 0 spiro atoms. The van der Waals surface area contributed by atoms with Gasteiger partial charge < -0.3 is 14.4 Å². The van der Waals surface area contributed by atoms with Crippen molar-refractivity contribution < 1.29 is 14.3 Å². The van der Waals surface area contributed by atoms with Gasteiger partial charge in [-0.15, -0.1) is 0 Å². The van der Waals surface area contributed by atoms with Crippen molar-refractivity contribution in [3.8, 4) is 11.5 Å². The van der Waals surface area contributed by atoms with E-state index in [0.717, 1.165) is 41.5 Å². The van der Waals surface area contributed by atoms with Crippen molar-refractivity contribution in [2.24, 2.45) is 0 Å². The van der Waals surface area contributed by atoms with Gasteiger partial charge in [-0.2, -0.15) is 0 Å². The zero-order chi connectivity index (χ0) is 18.9. The van der Waals surface area contributed by atoms with E-state index in [9.17, 15) is 4.79 Å². The van der Waals surface area contributed by atoms with Crippen LogP contribution in [0.1, 0.15) is 22.7 Å². The molecule has 0 saturated carbocycles. The molecule has 3 heterocycles. The number of hydrogen-bond donors (Lipinski definition) is 0. The number of nitrogens with zero attached hydrogens (tertiary/aromatic N) is 2. The van der Waals surface area contributed by atoms with Crippen LogP contribution in [0.25, 0.3) is 0 Å². The number of carbonyl (C=O) groups excluding carboxylic acids is 1. The van der Waals surface area contributed by atoms with Crippen LogP contribution >= 0.6 is 0 Å². The highest BCUT2D eigenvalue weighted by Gasteiger charge is 2.37. The first-order chi connectivity index (χ1) is 13.8. The van der Waals surface area contributed by atoms with E-state index in [4.69, 9.17) is 9.47 Å². The summed E-state index contributed by atoms with van der Waals surface area (Å²) < 4.78 is 11.6. The van der Waals surface area contributed by atoms with Crippen molar-refractivity contribution in [1.29, 1.82) is 0 Å². The molecular formula is C23H20N2O3. The number of aromatic nitrogens is 1. The Balaban J connectivity index is 1.37. The van der Waals surface area contributed by atoms with E-state index in [1.807, 2.05) is 60.7 Å². The maximum absolute atomic E-state index is 13.2. The van der Waals surface area contributed by atoms with Gasteiger partial charge in [0.15, 0.2) is 0 Å². The van der Waals surface area contributed by atoms with E-state index >= 15 is 0 Å². The van der Waals surface area contributed by atoms with Crippen LogP contribution < -0.4 is 14.4 Å². The van der Waals surface area contributed by atoms with Crippen LogP contribution in [0.2, 0.25) is 0 Å². The van der Waals surface area contributed by atoms with Crippen LogP contribution in [-0.4, -0.2) is 24.1 Å². The number of anilines is 1. The smallest absolute Gasteiger partial charge is 0.238 e.